The van der Waals surface area contributed by atoms with Crippen molar-refractivity contribution in [2.45, 2.75) is 6.54 Å². The number of hydrogen-bond acceptors (Lipinski definition) is 4. The molecule has 21 heavy (non-hydrogen) atoms. The molecule has 0 radical (unpaired) electrons. The summed E-state index contributed by atoms with van der Waals surface area (Å²) in [6.45, 7) is 0.978. The topological polar surface area (TPSA) is 59.2 Å². The first-order valence-electron chi connectivity index (χ1n) is 6.54. The number of rotatable bonds is 3. The average Bonchev–Trinajstić information content (AvgIpc) is 3.12. The molecule has 0 bridgehead atoms. The van der Waals surface area contributed by atoms with Crippen molar-refractivity contribution in [3.8, 4) is 11.5 Å². The molecule has 0 aliphatic carbocycles. The first-order valence-corrected chi connectivity index (χ1v) is 7.34. The zero-order valence-electron chi connectivity index (χ0n) is 11.0. The van der Waals surface area contributed by atoms with Crippen LogP contribution in [0.5, 0.6) is 11.5 Å². The van der Waals surface area contributed by atoms with Crippen LogP contribution in [0.3, 0.4) is 0 Å². The van der Waals surface area contributed by atoms with Gasteiger partial charge >= 0.3 is 0 Å². The van der Waals surface area contributed by atoms with E-state index in [-0.39, 0.29) is 6.79 Å². The van der Waals surface area contributed by atoms with Crippen LogP contribution in [-0.4, -0.2) is 17.0 Å². The third-order valence-corrected chi connectivity index (χ3v) is 4.20. The highest BCUT2D eigenvalue weighted by atomic mass is 79.9. The first kappa shape index (κ1) is 12.5. The smallest absolute Gasteiger partial charge is 0.231 e. The van der Waals surface area contributed by atoms with E-state index in [0.29, 0.717) is 6.54 Å². The quantitative estimate of drug-likeness (QED) is 0.760. The molecule has 6 heteroatoms. The fourth-order valence-electron chi connectivity index (χ4n) is 2.34. The van der Waals surface area contributed by atoms with E-state index in [1.165, 1.54) is 0 Å². The number of nitrogens with zero attached hydrogens (tertiary/aromatic N) is 1. The number of anilines is 1. The molecule has 0 atom stereocenters. The molecule has 0 fully saturated rings. The second-order valence-corrected chi connectivity index (χ2v) is 5.68. The van der Waals surface area contributed by atoms with Crippen LogP contribution in [0, 0.1) is 0 Å². The molecule has 0 amide bonds. The van der Waals surface area contributed by atoms with Gasteiger partial charge in [0.05, 0.1) is 11.7 Å². The van der Waals surface area contributed by atoms with E-state index in [1.54, 1.807) is 0 Å². The monoisotopic (exact) mass is 345 g/mol. The Morgan fingerprint density at radius 3 is 2.95 bits per heavy atom. The molecule has 2 heterocycles. The molecule has 0 spiro atoms. The van der Waals surface area contributed by atoms with Crippen LogP contribution in [0.4, 0.5) is 5.69 Å². The highest BCUT2D eigenvalue weighted by molar-refractivity contribution is 9.10. The summed E-state index contributed by atoms with van der Waals surface area (Å²) in [6, 6.07) is 10.1. The lowest BCUT2D eigenvalue weighted by Gasteiger charge is -2.09. The van der Waals surface area contributed by atoms with Crippen molar-refractivity contribution < 1.29 is 9.47 Å². The Morgan fingerprint density at radius 2 is 2.05 bits per heavy atom. The summed E-state index contributed by atoms with van der Waals surface area (Å²) in [4.78, 5) is 0. The molecule has 5 nitrogen and oxygen atoms in total. The summed E-state index contributed by atoms with van der Waals surface area (Å²) in [5, 5.41) is 11.5. The van der Waals surface area contributed by atoms with Crippen molar-refractivity contribution in [2.24, 2.45) is 0 Å². The molecule has 1 aliphatic heterocycles. The van der Waals surface area contributed by atoms with Crippen LogP contribution < -0.4 is 14.8 Å². The molecule has 3 aromatic rings. The molecule has 0 saturated carbocycles. The van der Waals surface area contributed by atoms with Gasteiger partial charge in [-0.2, -0.15) is 5.10 Å². The van der Waals surface area contributed by atoms with Gasteiger partial charge in [0.15, 0.2) is 11.5 Å². The summed E-state index contributed by atoms with van der Waals surface area (Å²) in [5.41, 5.74) is 3.17. The number of ether oxygens (including phenoxy) is 2. The molecule has 1 aliphatic rings. The van der Waals surface area contributed by atoms with Gasteiger partial charge in [-0.3, -0.25) is 5.10 Å². The van der Waals surface area contributed by atoms with Crippen molar-refractivity contribution >= 4 is 32.5 Å². The second kappa shape index (κ2) is 4.96. The number of aromatic amines is 1. The Hall–Kier alpha value is -2.21. The molecule has 106 valence electrons. The zero-order chi connectivity index (χ0) is 14.2. The number of aromatic nitrogens is 2. The molecule has 4 rings (SSSR count). The van der Waals surface area contributed by atoms with Crippen LogP contribution >= 0.6 is 15.9 Å². The van der Waals surface area contributed by atoms with E-state index in [1.807, 2.05) is 36.5 Å². The van der Waals surface area contributed by atoms with Gasteiger partial charge in [0.1, 0.15) is 0 Å². The van der Waals surface area contributed by atoms with Crippen molar-refractivity contribution in [3.05, 3.63) is 46.6 Å². The van der Waals surface area contributed by atoms with Crippen molar-refractivity contribution in [3.63, 3.8) is 0 Å². The normalized spacial score (nSPS) is 12.8. The maximum Gasteiger partial charge on any atom is 0.231 e. The first-order chi connectivity index (χ1) is 10.3. The molecule has 1 aromatic heterocycles. The number of halogens is 1. The third kappa shape index (κ3) is 2.31. The highest BCUT2D eigenvalue weighted by Gasteiger charge is 2.16. The maximum atomic E-state index is 5.41. The summed E-state index contributed by atoms with van der Waals surface area (Å²) in [7, 11) is 0. The van der Waals surface area contributed by atoms with Crippen LogP contribution in [0.15, 0.2) is 41.0 Å². The van der Waals surface area contributed by atoms with Crippen molar-refractivity contribution in [1.82, 2.24) is 10.2 Å². The minimum atomic E-state index is 0.287. The molecule has 0 saturated heterocycles. The predicted molar refractivity (Wildman–Crippen MR) is 83.7 cm³/mol. The van der Waals surface area contributed by atoms with Crippen LogP contribution in [0.25, 0.3) is 10.9 Å². The number of H-pyrrole nitrogens is 1. The molecule has 0 unspecified atom stereocenters. The maximum absolute atomic E-state index is 5.41. The summed E-state index contributed by atoms with van der Waals surface area (Å²) in [6.07, 6.45) is 1.81. The van der Waals surface area contributed by atoms with E-state index in [4.69, 9.17) is 9.47 Å². The Morgan fingerprint density at radius 1 is 1.19 bits per heavy atom. The predicted octanol–water partition coefficient (Wildman–Crippen LogP) is 3.67. The fourth-order valence-corrected chi connectivity index (χ4v) is 2.80. The highest BCUT2D eigenvalue weighted by Crippen LogP contribution is 2.37. The number of benzene rings is 2. The second-order valence-electron chi connectivity index (χ2n) is 4.82. The fraction of sp³-hybridized carbons (Fsp3) is 0.133. The van der Waals surface area contributed by atoms with Gasteiger partial charge in [-0.15, -0.1) is 0 Å². The lowest BCUT2D eigenvalue weighted by Crippen LogP contribution is -2.00. The van der Waals surface area contributed by atoms with E-state index in [9.17, 15) is 0 Å². The van der Waals surface area contributed by atoms with Crippen LogP contribution in [0.1, 0.15) is 5.56 Å². The minimum Gasteiger partial charge on any atom is -0.454 e. The lowest BCUT2D eigenvalue weighted by molar-refractivity contribution is 0.174. The van der Waals surface area contributed by atoms with Crippen LogP contribution in [0.2, 0.25) is 0 Å². The SMILES string of the molecule is Brc1cc2c(cc1CNc1ccc3cn[nH]c3c1)OCO2. The summed E-state index contributed by atoms with van der Waals surface area (Å²) < 4.78 is 11.8. The largest absolute Gasteiger partial charge is 0.454 e. The van der Waals surface area contributed by atoms with E-state index >= 15 is 0 Å². The average molecular weight is 346 g/mol. The Bertz CT molecular complexity index is 816. The van der Waals surface area contributed by atoms with Crippen molar-refractivity contribution in [2.75, 3.05) is 12.1 Å². The minimum absolute atomic E-state index is 0.287. The van der Waals surface area contributed by atoms with Gasteiger partial charge < -0.3 is 14.8 Å². The Labute approximate surface area is 129 Å². The lowest BCUT2D eigenvalue weighted by atomic mass is 10.2. The Kier molecular flexibility index (Phi) is 2.96. The van der Waals surface area contributed by atoms with Gasteiger partial charge in [0.2, 0.25) is 6.79 Å². The van der Waals surface area contributed by atoms with Gasteiger partial charge in [-0.05, 0) is 35.9 Å². The third-order valence-electron chi connectivity index (χ3n) is 3.47. The standard InChI is InChI=1S/C15H12BrN3O2/c16-12-5-15-14(20-8-21-15)3-10(12)6-17-11-2-1-9-7-18-19-13(9)4-11/h1-5,7,17H,6,8H2,(H,18,19). The van der Waals surface area contributed by atoms with Gasteiger partial charge in [-0.25, -0.2) is 0 Å². The van der Waals surface area contributed by atoms with Gasteiger partial charge in [-0.1, -0.05) is 15.9 Å². The zero-order valence-corrected chi connectivity index (χ0v) is 12.6. The number of nitrogens with one attached hydrogen (secondary N) is 2. The summed E-state index contributed by atoms with van der Waals surface area (Å²) >= 11 is 3.57. The van der Waals surface area contributed by atoms with Crippen molar-refractivity contribution in [1.29, 1.82) is 0 Å². The van der Waals surface area contributed by atoms with E-state index < -0.39 is 0 Å². The number of fused-ring (bicyclic) bond motifs is 2. The number of hydrogen-bond donors (Lipinski definition) is 2. The van der Waals surface area contributed by atoms with Crippen LogP contribution in [-0.2, 0) is 6.54 Å². The van der Waals surface area contributed by atoms with E-state index in [2.05, 4.69) is 31.4 Å². The Balaban J connectivity index is 1.56. The molecule has 2 N–H and O–H groups in total. The van der Waals surface area contributed by atoms with Gasteiger partial charge in [0.25, 0.3) is 0 Å². The molecular formula is C15H12BrN3O2. The molecule has 2 aromatic carbocycles. The van der Waals surface area contributed by atoms with E-state index in [0.717, 1.165) is 38.1 Å². The van der Waals surface area contributed by atoms with Gasteiger partial charge in [0, 0.05) is 22.1 Å². The molecular weight excluding hydrogens is 334 g/mol. The summed E-state index contributed by atoms with van der Waals surface area (Å²) in [5.74, 6) is 1.57.